The summed E-state index contributed by atoms with van der Waals surface area (Å²) in [5.41, 5.74) is -0.854. The smallest absolute Gasteiger partial charge is 0.257 e. The summed E-state index contributed by atoms with van der Waals surface area (Å²) >= 11 is 0. The average Bonchev–Trinajstić information content (AvgIpc) is 2.24. The van der Waals surface area contributed by atoms with Gasteiger partial charge in [0.05, 0.1) is 6.10 Å². The van der Waals surface area contributed by atoms with Gasteiger partial charge in [0.1, 0.15) is 23.0 Å². The standard InChI is InChI=1S/C12H14F3NO2/c1-6(2)10(17)5-16-12(18)11-8(14)3-7(13)4-9(11)15/h3-4,6,10,17H,5H2,1-2H3,(H,16,18). The van der Waals surface area contributed by atoms with Gasteiger partial charge in [0.2, 0.25) is 0 Å². The summed E-state index contributed by atoms with van der Waals surface area (Å²) in [5, 5.41) is 11.6. The fraction of sp³-hybridized carbons (Fsp3) is 0.417. The molecule has 0 spiro atoms. The van der Waals surface area contributed by atoms with Crippen molar-refractivity contribution in [3.63, 3.8) is 0 Å². The Bertz CT molecular complexity index is 426. The maximum atomic E-state index is 13.2. The number of nitrogens with one attached hydrogen (secondary N) is 1. The van der Waals surface area contributed by atoms with Crippen LogP contribution in [-0.2, 0) is 0 Å². The summed E-state index contributed by atoms with van der Waals surface area (Å²) in [6.07, 6.45) is -0.819. The molecule has 1 amide bonds. The van der Waals surface area contributed by atoms with E-state index in [1.807, 2.05) is 0 Å². The maximum absolute atomic E-state index is 13.2. The Morgan fingerprint density at radius 1 is 1.28 bits per heavy atom. The molecule has 100 valence electrons. The zero-order valence-electron chi connectivity index (χ0n) is 10.0. The maximum Gasteiger partial charge on any atom is 0.257 e. The van der Waals surface area contributed by atoms with Gasteiger partial charge in [0.15, 0.2) is 0 Å². The fourth-order valence-corrected chi connectivity index (χ4v) is 1.28. The first-order valence-electron chi connectivity index (χ1n) is 5.43. The summed E-state index contributed by atoms with van der Waals surface area (Å²) in [6.45, 7) is 3.33. The Morgan fingerprint density at radius 3 is 2.22 bits per heavy atom. The zero-order valence-corrected chi connectivity index (χ0v) is 10.0. The van der Waals surface area contributed by atoms with Gasteiger partial charge in [-0.3, -0.25) is 4.79 Å². The number of carbonyl (C=O) groups excluding carboxylic acids is 1. The number of rotatable bonds is 4. The van der Waals surface area contributed by atoms with Gasteiger partial charge in [-0.05, 0) is 5.92 Å². The molecule has 0 aliphatic heterocycles. The van der Waals surface area contributed by atoms with Crippen LogP contribution in [0.2, 0.25) is 0 Å². The van der Waals surface area contributed by atoms with E-state index in [4.69, 9.17) is 0 Å². The number of halogens is 3. The first-order valence-corrected chi connectivity index (χ1v) is 5.43. The van der Waals surface area contributed by atoms with Crippen LogP contribution in [0.1, 0.15) is 24.2 Å². The average molecular weight is 261 g/mol. The third-order valence-electron chi connectivity index (χ3n) is 2.48. The van der Waals surface area contributed by atoms with E-state index in [-0.39, 0.29) is 12.5 Å². The van der Waals surface area contributed by atoms with Crippen LogP contribution in [-0.4, -0.2) is 23.7 Å². The lowest BCUT2D eigenvalue weighted by atomic mass is 10.1. The first kappa shape index (κ1) is 14.5. The van der Waals surface area contributed by atoms with Crippen molar-refractivity contribution in [2.75, 3.05) is 6.54 Å². The lowest BCUT2D eigenvalue weighted by molar-refractivity contribution is 0.0864. The third kappa shape index (κ3) is 3.46. The highest BCUT2D eigenvalue weighted by Crippen LogP contribution is 2.14. The molecule has 0 fully saturated rings. The van der Waals surface area contributed by atoms with Crippen LogP contribution in [0.15, 0.2) is 12.1 Å². The quantitative estimate of drug-likeness (QED) is 0.869. The first-order chi connectivity index (χ1) is 8.32. The highest BCUT2D eigenvalue weighted by atomic mass is 19.1. The van der Waals surface area contributed by atoms with E-state index in [1.165, 1.54) is 0 Å². The van der Waals surface area contributed by atoms with E-state index in [9.17, 15) is 23.1 Å². The van der Waals surface area contributed by atoms with Crippen LogP contribution in [0.25, 0.3) is 0 Å². The molecule has 0 saturated heterocycles. The van der Waals surface area contributed by atoms with Crippen molar-refractivity contribution < 1.29 is 23.1 Å². The largest absolute Gasteiger partial charge is 0.391 e. The van der Waals surface area contributed by atoms with Gasteiger partial charge in [-0.25, -0.2) is 13.2 Å². The van der Waals surface area contributed by atoms with Crippen LogP contribution in [0, 0.1) is 23.4 Å². The van der Waals surface area contributed by atoms with Gasteiger partial charge < -0.3 is 10.4 Å². The molecular weight excluding hydrogens is 247 g/mol. The molecule has 0 saturated carbocycles. The van der Waals surface area contributed by atoms with Crippen molar-refractivity contribution in [1.82, 2.24) is 5.32 Å². The second-order valence-electron chi connectivity index (χ2n) is 4.27. The number of aliphatic hydroxyl groups excluding tert-OH is 1. The summed E-state index contributed by atoms with van der Waals surface area (Å²) in [5.74, 6) is -4.77. The second kappa shape index (κ2) is 5.86. The Morgan fingerprint density at radius 2 is 1.78 bits per heavy atom. The van der Waals surface area contributed by atoms with Crippen molar-refractivity contribution in [3.8, 4) is 0 Å². The molecule has 0 aromatic heterocycles. The van der Waals surface area contributed by atoms with Crippen LogP contribution in [0.4, 0.5) is 13.2 Å². The Kier molecular flexibility index (Phi) is 4.72. The van der Waals surface area contributed by atoms with Crippen LogP contribution in [0.5, 0.6) is 0 Å². The number of hydrogen-bond donors (Lipinski definition) is 2. The molecule has 1 unspecified atom stereocenters. The molecule has 0 bridgehead atoms. The summed E-state index contributed by atoms with van der Waals surface area (Å²) in [6, 6.07) is 0.855. The molecule has 1 rings (SSSR count). The summed E-state index contributed by atoms with van der Waals surface area (Å²) < 4.78 is 39.1. The summed E-state index contributed by atoms with van der Waals surface area (Å²) in [7, 11) is 0. The molecule has 3 nitrogen and oxygen atoms in total. The van der Waals surface area contributed by atoms with Gasteiger partial charge in [-0.2, -0.15) is 0 Å². The third-order valence-corrected chi connectivity index (χ3v) is 2.48. The van der Waals surface area contributed by atoms with Crippen molar-refractivity contribution in [1.29, 1.82) is 0 Å². The molecule has 0 heterocycles. The Labute approximate surface area is 103 Å². The number of hydrogen-bond acceptors (Lipinski definition) is 2. The number of aliphatic hydroxyl groups is 1. The molecule has 1 aromatic rings. The molecule has 6 heteroatoms. The topological polar surface area (TPSA) is 49.3 Å². The zero-order chi connectivity index (χ0) is 13.9. The van der Waals surface area contributed by atoms with Crippen LogP contribution in [0.3, 0.4) is 0 Å². The normalized spacial score (nSPS) is 12.6. The molecule has 0 radical (unpaired) electrons. The van der Waals surface area contributed by atoms with E-state index in [0.29, 0.717) is 12.1 Å². The Balaban J connectivity index is 2.79. The van der Waals surface area contributed by atoms with E-state index in [0.717, 1.165) is 0 Å². The summed E-state index contributed by atoms with van der Waals surface area (Å²) in [4.78, 5) is 11.5. The predicted molar refractivity (Wildman–Crippen MR) is 59.5 cm³/mol. The van der Waals surface area contributed by atoms with Crippen molar-refractivity contribution >= 4 is 5.91 Å². The van der Waals surface area contributed by atoms with E-state index < -0.39 is 35.0 Å². The van der Waals surface area contributed by atoms with Crippen molar-refractivity contribution in [2.24, 2.45) is 5.92 Å². The number of carbonyl (C=O) groups is 1. The highest BCUT2D eigenvalue weighted by molar-refractivity contribution is 5.94. The predicted octanol–water partition coefficient (Wildman–Crippen LogP) is 1.85. The van der Waals surface area contributed by atoms with Gasteiger partial charge in [-0.1, -0.05) is 13.8 Å². The molecule has 1 aromatic carbocycles. The molecule has 1 atom stereocenters. The number of amides is 1. The minimum Gasteiger partial charge on any atom is -0.391 e. The molecular formula is C12H14F3NO2. The lowest BCUT2D eigenvalue weighted by Crippen LogP contribution is -2.35. The highest BCUT2D eigenvalue weighted by Gasteiger charge is 2.20. The van der Waals surface area contributed by atoms with Gasteiger partial charge >= 0.3 is 0 Å². The van der Waals surface area contributed by atoms with Gasteiger partial charge in [0.25, 0.3) is 5.91 Å². The Hall–Kier alpha value is -1.56. The van der Waals surface area contributed by atoms with Crippen molar-refractivity contribution in [3.05, 3.63) is 35.1 Å². The van der Waals surface area contributed by atoms with Crippen LogP contribution >= 0.6 is 0 Å². The lowest BCUT2D eigenvalue weighted by Gasteiger charge is -2.15. The van der Waals surface area contributed by atoms with E-state index in [1.54, 1.807) is 13.8 Å². The molecule has 18 heavy (non-hydrogen) atoms. The molecule has 0 aliphatic rings. The van der Waals surface area contributed by atoms with Gasteiger partial charge in [-0.15, -0.1) is 0 Å². The van der Waals surface area contributed by atoms with Crippen LogP contribution < -0.4 is 5.32 Å². The second-order valence-corrected chi connectivity index (χ2v) is 4.27. The molecule has 2 N–H and O–H groups in total. The SMILES string of the molecule is CC(C)C(O)CNC(=O)c1c(F)cc(F)cc1F. The van der Waals surface area contributed by atoms with E-state index in [2.05, 4.69) is 5.32 Å². The monoisotopic (exact) mass is 261 g/mol. The van der Waals surface area contributed by atoms with E-state index >= 15 is 0 Å². The minimum atomic E-state index is -1.27. The number of benzene rings is 1. The minimum absolute atomic E-state index is 0.104. The van der Waals surface area contributed by atoms with Gasteiger partial charge in [0, 0.05) is 18.7 Å². The fourth-order valence-electron chi connectivity index (χ4n) is 1.28. The van der Waals surface area contributed by atoms with Crippen molar-refractivity contribution in [2.45, 2.75) is 20.0 Å². The molecule has 0 aliphatic carbocycles.